The van der Waals surface area contributed by atoms with E-state index in [1.807, 2.05) is 13.1 Å². The van der Waals surface area contributed by atoms with Crippen LogP contribution in [0.25, 0.3) is 11.1 Å². The zero-order chi connectivity index (χ0) is 14.5. The van der Waals surface area contributed by atoms with E-state index in [1.54, 1.807) is 6.26 Å². The Bertz CT molecular complexity index is 683. The Kier molecular flexibility index (Phi) is 4.17. The smallest absolute Gasteiger partial charge is 0.125 e. The van der Waals surface area contributed by atoms with Gasteiger partial charge in [0.1, 0.15) is 5.76 Å². The van der Waals surface area contributed by atoms with Crippen LogP contribution in [0.5, 0.6) is 0 Å². The summed E-state index contributed by atoms with van der Waals surface area (Å²) >= 11 is 0. The summed E-state index contributed by atoms with van der Waals surface area (Å²) in [5.74, 6) is 0.980. The second-order valence-electron chi connectivity index (χ2n) is 5.15. The van der Waals surface area contributed by atoms with Crippen LogP contribution in [-0.2, 0) is 13.0 Å². The number of rotatable bonds is 5. The Morgan fingerprint density at radius 1 is 0.857 bits per heavy atom. The van der Waals surface area contributed by atoms with Gasteiger partial charge in [0.15, 0.2) is 0 Å². The van der Waals surface area contributed by atoms with Crippen molar-refractivity contribution in [1.29, 1.82) is 0 Å². The third-order valence-corrected chi connectivity index (χ3v) is 3.60. The molecule has 0 unspecified atom stereocenters. The van der Waals surface area contributed by atoms with Gasteiger partial charge in [-0.25, -0.2) is 0 Å². The van der Waals surface area contributed by atoms with Crippen LogP contribution in [0.15, 0.2) is 71.3 Å². The van der Waals surface area contributed by atoms with Crippen LogP contribution in [0.1, 0.15) is 16.9 Å². The van der Waals surface area contributed by atoms with Crippen LogP contribution < -0.4 is 5.32 Å². The van der Waals surface area contributed by atoms with Gasteiger partial charge in [-0.3, -0.25) is 0 Å². The third-order valence-electron chi connectivity index (χ3n) is 3.60. The molecule has 0 amide bonds. The summed E-state index contributed by atoms with van der Waals surface area (Å²) in [7, 11) is 1.93. The van der Waals surface area contributed by atoms with Gasteiger partial charge in [-0.1, -0.05) is 54.6 Å². The quantitative estimate of drug-likeness (QED) is 0.754. The van der Waals surface area contributed by atoms with Crippen LogP contribution in [0.3, 0.4) is 0 Å². The zero-order valence-electron chi connectivity index (χ0n) is 12.2. The van der Waals surface area contributed by atoms with Gasteiger partial charge < -0.3 is 9.73 Å². The Morgan fingerprint density at radius 2 is 1.57 bits per heavy atom. The molecule has 1 aromatic heterocycles. The topological polar surface area (TPSA) is 25.2 Å². The highest BCUT2D eigenvalue weighted by atomic mass is 16.3. The molecule has 0 aliphatic carbocycles. The fourth-order valence-corrected chi connectivity index (χ4v) is 2.53. The zero-order valence-corrected chi connectivity index (χ0v) is 12.2. The van der Waals surface area contributed by atoms with Crippen molar-refractivity contribution in [2.45, 2.75) is 13.0 Å². The van der Waals surface area contributed by atoms with Gasteiger partial charge in [-0.2, -0.15) is 0 Å². The highest BCUT2D eigenvalue weighted by molar-refractivity contribution is 5.65. The molecule has 3 aromatic rings. The summed E-state index contributed by atoms with van der Waals surface area (Å²) in [6.07, 6.45) is 2.72. The van der Waals surface area contributed by atoms with Crippen molar-refractivity contribution >= 4 is 0 Å². The van der Waals surface area contributed by atoms with Gasteiger partial charge in [0.25, 0.3) is 0 Å². The average Bonchev–Trinajstić information content (AvgIpc) is 2.98. The fourth-order valence-electron chi connectivity index (χ4n) is 2.53. The Labute approximate surface area is 125 Å². The number of benzene rings is 2. The molecule has 0 saturated carbocycles. The SMILES string of the molecule is CNCc1occc1-c1ccc(Cc2ccccc2)cc1. The molecule has 106 valence electrons. The molecule has 0 saturated heterocycles. The highest BCUT2D eigenvalue weighted by Gasteiger charge is 2.07. The molecule has 2 heteroatoms. The lowest BCUT2D eigenvalue weighted by Gasteiger charge is -2.05. The average molecular weight is 277 g/mol. The Balaban J connectivity index is 1.79. The van der Waals surface area contributed by atoms with Crippen LogP contribution in [0, 0.1) is 0 Å². The van der Waals surface area contributed by atoms with E-state index in [0.717, 1.165) is 24.3 Å². The molecule has 0 radical (unpaired) electrons. The molecule has 0 aliphatic rings. The second-order valence-corrected chi connectivity index (χ2v) is 5.15. The second kappa shape index (κ2) is 6.42. The van der Waals surface area contributed by atoms with Crippen molar-refractivity contribution < 1.29 is 4.42 Å². The molecule has 0 bridgehead atoms. The van der Waals surface area contributed by atoms with Crippen LogP contribution >= 0.6 is 0 Å². The first-order chi connectivity index (χ1) is 10.4. The van der Waals surface area contributed by atoms with Crippen molar-refractivity contribution in [2.24, 2.45) is 0 Å². The molecule has 0 spiro atoms. The molecule has 2 nitrogen and oxygen atoms in total. The first-order valence-corrected chi connectivity index (χ1v) is 7.21. The predicted molar refractivity (Wildman–Crippen MR) is 86.2 cm³/mol. The number of hydrogen-bond donors (Lipinski definition) is 1. The lowest BCUT2D eigenvalue weighted by atomic mass is 10.0. The highest BCUT2D eigenvalue weighted by Crippen LogP contribution is 2.25. The van der Waals surface area contributed by atoms with E-state index in [9.17, 15) is 0 Å². The number of furan rings is 1. The van der Waals surface area contributed by atoms with E-state index in [4.69, 9.17) is 4.42 Å². The predicted octanol–water partition coefficient (Wildman–Crippen LogP) is 4.26. The van der Waals surface area contributed by atoms with Gasteiger partial charge in [-0.15, -0.1) is 0 Å². The molecular formula is C19H19NO. The summed E-state index contributed by atoms with van der Waals surface area (Å²) in [4.78, 5) is 0. The molecule has 1 N–H and O–H groups in total. The van der Waals surface area contributed by atoms with Crippen molar-refractivity contribution in [2.75, 3.05) is 7.05 Å². The minimum absolute atomic E-state index is 0.744. The lowest BCUT2D eigenvalue weighted by molar-refractivity contribution is 0.497. The van der Waals surface area contributed by atoms with Gasteiger partial charge in [0, 0.05) is 5.56 Å². The molecule has 21 heavy (non-hydrogen) atoms. The summed E-state index contributed by atoms with van der Waals surface area (Å²) in [5, 5.41) is 3.13. The molecule has 0 aliphatic heterocycles. The lowest BCUT2D eigenvalue weighted by Crippen LogP contribution is -2.04. The van der Waals surface area contributed by atoms with E-state index in [1.165, 1.54) is 16.7 Å². The molecular weight excluding hydrogens is 258 g/mol. The van der Waals surface area contributed by atoms with Crippen molar-refractivity contribution in [1.82, 2.24) is 5.32 Å². The first kappa shape index (κ1) is 13.7. The minimum atomic E-state index is 0.744. The standard InChI is InChI=1S/C19H19NO/c1-20-14-19-18(11-12-21-19)17-9-7-16(8-10-17)13-15-5-3-2-4-6-15/h2-12,20H,13-14H2,1H3. The van der Waals surface area contributed by atoms with Gasteiger partial charge in [0.05, 0.1) is 12.8 Å². The van der Waals surface area contributed by atoms with E-state index in [-0.39, 0.29) is 0 Å². The normalized spacial score (nSPS) is 10.7. The van der Waals surface area contributed by atoms with Gasteiger partial charge in [-0.05, 0) is 36.2 Å². The van der Waals surface area contributed by atoms with Gasteiger partial charge in [0.2, 0.25) is 0 Å². The van der Waals surface area contributed by atoms with Gasteiger partial charge >= 0.3 is 0 Å². The van der Waals surface area contributed by atoms with Crippen LogP contribution in [0.2, 0.25) is 0 Å². The van der Waals surface area contributed by atoms with Crippen LogP contribution in [0.4, 0.5) is 0 Å². The number of nitrogens with one attached hydrogen (secondary N) is 1. The fraction of sp³-hybridized carbons (Fsp3) is 0.158. The van der Waals surface area contributed by atoms with Crippen molar-refractivity contribution in [3.63, 3.8) is 0 Å². The summed E-state index contributed by atoms with van der Waals surface area (Å²) < 4.78 is 5.52. The van der Waals surface area contributed by atoms with Crippen molar-refractivity contribution in [3.8, 4) is 11.1 Å². The van der Waals surface area contributed by atoms with E-state index < -0.39 is 0 Å². The maximum Gasteiger partial charge on any atom is 0.125 e. The summed E-state index contributed by atoms with van der Waals surface area (Å²) in [6.45, 7) is 0.744. The van der Waals surface area contributed by atoms with Crippen LogP contribution in [-0.4, -0.2) is 7.05 Å². The monoisotopic (exact) mass is 277 g/mol. The first-order valence-electron chi connectivity index (χ1n) is 7.21. The summed E-state index contributed by atoms with van der Waals surface area (Å²) in [5.41, 5.74) is 5.02. The van der Waals surface area contributed by atoms with E-state index >= 15 is 0 Å². The molecule has 3 rings (SSSR count). The van der Waals surface area contributed by atoms with E-state index in [0.29, 0.717) is 0 Å². The maximum absolute atomic E-state index is 5.52. The third kappa shape index (κ3) is 3.23. The molecule has 0 fully saturated rings. The summed E-state index contributed by atoms with van der Waals surface area (Å²) in [6, 6.07) is 21.3. The van der Waals surface area contributed by atoms with Crippen molar-refractivity contribution in [3.05, 3.63) is 83.8 Å². The maximum atomic E-state index is 5.52. The molecule has 2 aromatic carbocycles. The minimum Gasteiger partial charge on any atom is -0.467 e. The Hall–Kier alpha value is -2.32. The Morgan fingerprint density at radius 3 is 2.29 bits per heavy atom. The molecule has 0 atom stereocenters. The molecule has 1 heterocycles. The van der Waals surface area contributed by atoms with E-state index in [2.05, 4.69) is 59.9 Å². The number of hydrogen-bond acceptors (Lipinski definition) is 2. The largest absolute Gasteiger partial charge is 0.467 e.